The highest BCUT2D eigenvalue weighted by Crippen LogP contribution is 2.42. The summed E-state index contributed by atoms with van der Waals surface area (Å²) in [5.41, 5.74) is 8.51. The Morgan fingerprint density at radius 2 is 2.00 bits per heavy atom. The predicted molar refractivity (Wildman–Crippen MR) is 75.2 cm³/mol. The first-order chi connectivity index (χ1) is 9.06. The predicted octanol–water partition coefficient (Wildman–Crippen LogP) is 2.83. The molecular formula is C13H12BrN3O2. The lowest BCUT2D eigenvalue weighted by Crippen LogP contribution is -2.02. The fraction of sp³-hybridized carbons (Fsp3) is 0.231. The third-order valence-electron chi connectivity index (χ3n) is 3.11. The molecule has 1 aromatic heterocycles. The number of nitrogens with two attached hydrogens (primary N) is 1. The van der Waals surface area contributed by atoms with E-state index >= 15 is 0 Å². The standard InChI is InChI=1S/C13H12BrN3O2/c1-6-7(2)16-13(17-12(6)15)8-3-9(14)11-10(4-8)18-5-19-11/h3-4H,5H2,1-2H3,(H2,15,16,17). The smallest absolute Gasteiger partial charge is 0.231 e. The minimum Gasteiger partial charge on any atom is -0.454 e. The molecule has 0 amide bonds. The van der Waals surface area contributed by atoms with Crippen LogP contribution < -0.4 is 15.2 Å². The number of nitrogen functional groups attached to an aromatic ring is 1. The van der Waals surface area contributed by atoms with Gasteiger partial charge in [-0.15, -0.1) is 0 Å². The number of hydrogen-bond donors (Lipinski definition) is 1. The molecule has 6 heteroatoms. The van der Waals surface area contributed by atoms with Crippen LogP contribution in [0.3, 0.4) is 0 Å². The van der Waals surface area contributed by atoms with Crippen LogP contribution in [0.5, 0.6) is 11.5 Å². The van der Waals surface area contributed by atoms with Crippen molar-refractivity contribution in [2.24, 2.45) is 0 Å². The Labute approximate surface area is 118 Å². The van der Waals surface area contributed by atoms with Gasteiger partial charge in [0.2, 0.25) is 6.79 Å². The van der Waals surface area contributed by atoms with Crippen LogP contribution in [-0.4, -0.2) is 16.8 Å². The number of ether oxygens (including phenoxy) is 2. The molecule has 5 nitrogen and oxygen atoms in total. The molecule has 1 aromatic carbocycles. The van der Waals surface area contributed by atoms with Crippen LogP contribution >= 0.6 is 15.9 Å². The molecule has 98 valence electrons. The van der Waals surface area contributed by atoms with Crippen LogP contribution in [0.1, 0.15) is 11.3 Å². The first kappa shape index (κ1) is 12.2. The molecule has 0 fully saturated rings. The molecule has 19 heavy (non-hydrogen) atoms. The van der Waals surface area contributed by atoms with E-state index in [4.69, 9.17) is 15.2 Å². The van der Waals surface area contributed by atoms with Gasteiger partial charge in [0, 0.05) is 16.8 Å². The molecule has 2 N–H and O–H groups in total. The maximum Gasteiger partial charge on any atom is 0.231 e. The Hall–Kier alpha value is -1.82. The van der Waals surface area contributed by atoms with Crippen molar-refractivity contribution in [3.63, 3.8) is 0 Å². The lowest BCUT2D eigenvalue weighted by Gasteiger charge is -2.08. The molecule has 2 aromatic rings. The number of nitrogens with zero attached hydrogens (tertiary/aromatic N) is 2. The van der Waals surface area contributed by atoms with E-state index in [9.17, 15) is 0 Å². The number of aromatic nitrogens is 2. The monoisotopic (exact) mass is 321 g/mol. The maximum absolute atomic E-state index is 5.89. The molecule has 3 rings (SSSR count). The lowest BCUT2D eigenvalue weighted by atomic mass is 10.1. The van der Waals surface area contributed by atoms with Gasteiger partial charge in [-0.3, -0.25) is 0 Å². The summed E-state index contributed by atoms with van der Waals surface area (Å²) < 4.78 is 11.6. The van der Waals surface area contributed by atoms with E-state index in [0.29, 0.717) is 23.1 Å². The quantitative estimate of drug-likeness (QED) is 0.874. The molecule has 0 radical (unpaired) electrons. The van der Waals surface area contributed by atoms with Gasteiger partial charge in [-0.1, -0.05) is 0 Å². The van der Waals surface area contributed by atoms with E-state index in [-0.39, 0.29) is 6.79 Å². The van der Waals surface area contributed by atoms with E-state index in [1.54, 1.807) is 0 Å². The van der Waals surface area contributed by atoms with Crippen molar-refractivity contribution in [1.82, 2.24) is 9.97 Å². The summed E-state index contributed by atoms with van der Waals surface area (Å²) in [6, 6.07) is 3.76. The zero-order valence-electron chi connectivity index (χ0n) is 10.5. The third-order valence-corrected chi connectivity index (χ3v) is 3.70. The summed E-state index contributed by atoms with van der Waals surface area (Å²) in [6.07, 6.45) is 0. The van der Waals surface area contributed by atoms with Crippen LogP contribution in [0.2, 0.25) is 0 Å². The zero-order chi connectivity index (χ0) is 13.6. The van der Waals surface area contributed by atoms with Crippen molar-refractivity contribution in [2.45, 2.75) is 13.8 Å². The van der Waals surface area contributed by atoms with Crippen LogP contribution in [0.25, 0.3) is 11.4 Å². The molecule has 1 aliphatic heterocycles. The molecule has 0 unspecified atom stereocenters. The summed E-state index contributed by atoms with van der Waals surface area (Å²) in [6.45, 7) is 4.05. The van der Waals surface area contributed by atoms with Gasteiger partial charge < -0.3 is 15.2 Å². The van der Waals surface area contributed by atoms with Gasteiger partial charge in [0.05, 0.1) is 4.47 Å². The Kier molecular flexibility index (Phi) is 2.82. The molecule has 0 spiro atoms. The van der Waals surface area contributed by atoms with Crippen molar-refractivity contribution < 1.29 is 9.47 Å². The van der Waals surface area contributed by atoms with Gasteiger partial charge in [-0.2, -0.15) is 0 Å². The number of fused-ring (bicyclic) bond motifs is 1. The largest absolute Gasteiger partial charge is 0.454 e. The Bertz CT molecular complexity index is 650. The Morgan fingerprint density at radius 3 is 2.74 bits per heavy atom. The first-order valence-corrected chi connectivity index (χ1v) is 6.56. The Morgan fingerprint density at radius 1 is 1.21 bits per heavy atom. The van der Waals surface area contributed by atoms with E-state index < -0.39 is 0 Å². The van der Waals surface area contributed by atoms with Crippen LogP contribution in [-0.2, 0) is 0 Å². The second kappa shape index (κ2) is 4.38. The summed E-state index contributed by atoms with van der Waals surface area (Å²) in [7, 11) is 0. The van der Waals surface area contributed by atoms with Gasteiger partial charge in [-0.05, 0) is 41.9 Å². The van der Waals surface area contributed by atoms with E-state index in [1.165, 1.54) is 0 Å². The molecule has 0 saturated carbocycles. The molecule has 2 heterocycles. The second-order valence-corrected chi connectivity index (χ2v) is 5.19. The number of benzene rings is 1. The normalized spacial score (nSPS) is 12.8. The van der Waals surface area contributed by atoms with Crippen LogP contribution in [0.15, 0.2) is 16.6 Å². The van der Waals surface area contributed by atoms with Crippen molar-refractivity contribution in [2.75, 3.05) is 12.5 Å². The van der Waals surface area contributed by atoms with Crippen LogP contribution in [0, 0.1) is 13.8 Å². The lowest BCUT2D eigenvalue weighted by molar-refractivity contribution is 0.173. The SMILES string of the molecule is Cc1nc(-c2cc(Br)c3c(c2)OCO3)nc(N)c1C. The molecular weight excluding hydrogens is 310 g/mol. The Balaban J connectivity index is 2.15. The van der Waals surface area contributed by atoms with Gasteiger partial charge in [0.15, 0.2) is 17.3 Å². The number of rotatable bonds is 1. The fourth-order valence-electron chi connectivity index (χ4n) is 1.88. The number of halogens is 1. The minimum atomic E-state index is 0.229. The van der Waals surface area contributed by atoms with E-state index in [0.717, 1.165) is 21.3 Å². The number of hydrogen-bond acceptors (Lipinski definition) is 5. The molecule has 0 bridgehead atoms. The van der Waals surface area contributed by atoms with Crippen molar-refractivity contribution in [3.05, 3.63) is 27.9 Å². The van der Waals surface area contributed by atoms with Gasteiger partial charge in [0.25, 0.3) is 0 Å². The zero-order valence-corrected chi connectivity index (χ0v) is 12.1. The summed E-state index contributed by atoms with van der Waals surface area (Å²) in [5.74, 6) is 2.47. The van der Waals surface area contributed by atoms with E-state index in [1.807, 2.05) is 26.0 Å². The minimum absolute atomic E-state index is 0.229. The summed E-state index contributed by atoms with van der Waals surface area (Å²) in [5, 5.41) is 0. The molecule has 1 aliphatic rings. The average molecular weight is 322 g/mol. The summed E-state index contributed by atoms with van der Waals surface area (Å²) in [4.78, 5) is 8.78. The first-order valence-electron chi connectivity index (χ1n) is 5.76. The topological polar surface area (TPSA) is 70.3 Å². The van der Waals surface area contributed by atoms with Crippen LogP contribution in [0.4, 0.5) is 5.82 Å². The fourth-order valence-corrected chi connectivity index (χ4v) is 2.43. The second-order valence-electron chi connectivity index (χ2n) is 4.33. The van der Waals surface area contributed by atoms with Gasteiger partial charge in [0.1, 0.15) is 5.82 Å². The molecule has 0 aliphatic carbocycles. The molecule has 0 saturated heterocycles. The average Bonchev–Trinajstić information content (AvgIpc) is 2.84. The highest BCUT2D eigenvalue weighted by atomic mass is 79.9. The van der Waals surface area contributed by atoms with Crippen molar-refractivity contribution >= 4 is 21.7 Å². The van der Waals surface area contributed by atoms with Gasteiger partial charge >= 0.3 is 0 Å². The molecule has 0 atom stereocenters. The highest BCUT2D eigenvalue weighted by molar-refractivity contribution is 9.10. The maximum atomic E-state index is 5.89. The third kappa shape index (κ3) is 2.02. The van der Waals surface area contributed by atoms with Crippen molar-refractivity contribution in [1.29, 1.82) is 0 Å². The summed E-state index contributed by atoms with van der Waals surface area (Å²) >= 11 is 3.46. The highest BCUT2D eigenvalue weighted by Gasteiger charge is 2.19. The number of anilines is 1. The number of aryl methyl sites for hydroxylation is 1. The van der Waals surface area contributed by atoms with Gasteiger partial charge in [-0.25, -0.2) is 9.97 Å². The van der Waals surface area contributed by atoms with Crippen molar-refractivity contribution in [3.8, 4) is 22.9 Å². The van der Waals surface area contributed by atoms with E-state index in [2.05, 4.69) is 25.9 Å².